The van der Waals surface area contributed by atoms with Crippen molar-refractivity contribution in [3.63, 3.8) is 0 Å². The standard InChI is InChI=1S/C29H37F3N2O4/c1-7-19-13-24(33-16-20-8-9-22-14-23(37-6)11-10-21(22)12-20)26(18(2)38-27(36)28(3,4)5)34(17-19)25(35)15-29(30,31)32/h8-12,14,18-19,26H,7,13,15-17H2,1-6H3/t18-,19?,26?/m0/s1. The number of carbonyl (C=O) groups excluding carboxylic acids is 2. The topological polar surface area (TPSA) is 68.2 Å². The Morgan fingerprint density at radius 2 is 1.76 bits per heavy atom. The van der Waals surface area contributed by atoms with Crippen LogP contribution in [0, 0.1) is 11.3 Å². The van der Waals surface area contributed by atoms with Crippen molar-refractivity contribution in [3.05, 3.63) is 42.0 Å². The van der Waals surface area contributed by atoms with Gasteiger partial charge in [0.15, 0.2) is 0 Å². The number of alkyl halides is 3. The third-order valence-corrected chi connectivity index (χ3v) is 6.81. The van der Waals surface area contributed by atoms with E-state index in [1.807, 2.05) is 43.3 Å². The monoisotopic (exact) mass is 534 g/mol. The number of likely N-dealkylation sites (tertiary alicyclic amines) is 1. The highest BCUT2D eigenvalue weighted by Crippen LogP contribution is 2.31. The van der Waals surface area contributed by atoms with Gasteiger partial charge in [-0.3, -0.25) is 14.6 Å². The maximum Gasteiger partial charge on any atom is 0.397 e. The molecule has 1 heterocycles. The van der Waals surface area contributed by atoms with Crippen LogP contribution in [0.1, 0.15) is 59.4 Å². The van der Waals surface area contributed by atoms with Crippen LogP contribution in [0.2, 0.25) is 0 Å². The summed E-state index contributed by atoms with van der Waals surface area (Å²) < 4.78 is 50.6. The number of amides is 1. The molecule has 0 aromatic heterocycles. The van der Waals surface area contributed by atoms with E-state index in [0.29, 0.717) is 18.6 Å². The number of rotatable bonds is 7. The lowest BCUT2D eigenvalue weighted by atomic mass is 9.86. The average molecular weight is 535 g/mol. The van der Waals surface area contributed by atoms with Crippen LogP contribution in [0.25, 0.3) is 10.8 Å². The summed E-state index contributed by atoms with van der Waals surface area (Å²) in [5.74, 6) is -0.817. The van der Waals surface area contributed by atoms with E-state index >= 15 is 0 Å². The molecule has 0 saturated carbocycles. The summed E-state index contributed by atoms with van der Waals surface area (Å²) in [7, 11) is 1.61. The molecule has 2 unspecified atom stereocenters. The second-order valence-corrected chi connectivity index (χ2v) is 11.0. The number of fused-ring (bicyclic) bond motifs is 1. The zero-order valence-corrected chi connectivity index (χ0v) is 22.9. The molecule has 0 radical (unpaired) electrons. The predicted octanol–water partition coefficient (Wildman–Crippen LogP) is 6.35. The zero-order valence-electron chi connectivity index (χ0n) is 22.9. The molecule has 1 fully saturated rings. The molecule has 3 atom stereocenters. The maximum atomic E-state index is 13.2. The molecule has 208 valence electrons. The van der Waals surface area contributed by atoms with E-state index in [1.165, 1.54) is 4.90 Å². The molecular formula is C29H37F3N2O4. The fourth-order valence-corrected chi connectivity index (χ4v) is 4.64. The van der Waals surface area contributed by atoms with Crippen molar-refractivity contribution >= 4 is 28.4 Å². The number of aliphatic imine (C=N–C) groups is 1. The fourth-order valence-electron chi connectivity index (χ4n) is 4.64. The first-order valence-electron chi connectivity index (χ1n) is 12.9. The Morgan fingerprint density at radius 3 is 2.37 bits per heavy atom. The lowest BCUT2D eigenvalue weighted by Gasteiger charge is -2.43. The summed E-state index contributed by atoms with van der Waals surface area (Å²) >= 11 is 0. The Bertz CT molecular complexity index is 1190. The molecule has 38 heavy (non-hydrogen) atoms. The van der Waals surface area contributed by atoms with Crippen LogP contribution in [-0.4, -0.2) is 54.5 Å². The summed E-state index contributed by atoms with van der Waals surface area (Å²) in [6.45, 7) is 9.10. The summed E-state index contributed by atoms with van der Waals surface area (Å²) in [5, 5.41) is 2.01. The Morgan fingerprint density at radius 1 is 1.11 bits per heavy atom. The first-order chi connectivity index (χ1) is 17.7. The number of benzene rings is 2. The van der Waals surface area contributed by atoms with E-state index in [2.05, 4.69) is 0 Å². The number of halogens is 3. The first kappa shape index (κ1) is 29.5. The SMILES string of the molecule is CCC1CC(=NCc2ccc3cc(OC)ccc3c2)C([C@H](C)OC(=O)C(C)(C)C)N(C(=O)CC(F)(F)F)C1. The molecule has 2 aromatic rings. The van der Waals surface area contributed by atoms with E-state index in [0.717, 1.165) is 22.1 Å². The lowest BCUT2D eigenvalue weighted by molar-refractivity contribution is -0.170. The van der Waals surface area contributed by atoms with E-state index in [-0.39, 0.29) is 19.0 Å². The van der Waals surface area contributed by atoms with Crippen molar-refractivity contribution in [2.45, 2.75) is 78.7 Å². The predicted molar refractivity (Wildman–Crippen MR) is 141 cm³/mol. The number of hydrogen-bond acceptors (Lipinski definition) is 5. The minimum atomic E-state index is -4.64. The number of nitrogens with zero attached hydrogens (tertiary/aromatic N) is 2. The van der Waals surface area contributed by atoms with E-state index in [1.54, 1.807) is 34.8 Å². The van der Waals surface area contributed by atoms with Crippen LogP contribution in [0.3, 0.4) is 0 Å². The lowest BCUT2D eigenvalue weighted by Crippen LogP contribution is -2.58. The van der Waals surface area contributed by atoms with Crippen molar-refractivity contribution in [3.8, 4) is 5.75 Å². The normalized spacial score (nSPS) is 20.4. The third kappa shape index (κ3) is 7.48. The van der Waals surface area contributed by atoms with Crippen molar-refractivity contribution < 1.29 is 32.2 Å². The fraction of sp³-hybridized carbons (Fsp3) is 0.552. The highest BCUT2D eigenvalue weighted by Gasteiger charge is 2.44. The van der Waals surface area contributed by atoms with Gasteiger partial charge in [-0.2, -0.15) is 13.2 Å². The molecule has 2 aromatic carbocycles. The average Bonchev–Trinajstić information content (AvgIpc) is 2.84. The Balaban J connectivity index is 1.96. The molecule has 1 aliphatic rings. The van der Waals surface area contributed by atoms with Crippen LogP contribution in [0.15, 0.2) is 41.4 Å². The highest BCUT2D eigenvalue weighted by molar-refractivity contribution is 5.95. The number of ether oxygens (including phenoxy) is 2. The van der Waals surface area contributed by atoms with E-state index < -0.39 is 42.0 Å². The van der Waals surface area contributed by atoms with E-state index in [4.69, 9.17) is 14.5 Å². The van der Waals surface area contributed by atoms with Crippen LogP contribution in [0.4, 0.5) is 13.2 Å². The summed E-state index contributed by atoms with van der Waals surface area (Å²) in [4.78, 5) is 31.6. The van der Waals surface area contributed by atoms with Gasteiger partial charge in [0.25, 0.3) is 0 Å². The van der Waals surface area contributed by atoms with Gasteiger partial charge >= 0.3 is 12.1 Å². The molecule has 3 rings (SSSR count). The number of carbonyl (C=O) groups is 2. The van der Waals surface area contributed by atoms with Gasteiger partial charge < -0.3 is 14.4 Å². The second-order valence-electron chi connectivity index (χ2n) is 11.0. The zero-order chi connectivity index (χ0) is 28.3. The Kier molecular flexibility index (Phi) is 9.10. The van der Waals surface area contributed by atoms with Gasteiger partial charge in [-0.25, -0.2) is 0 Å². The molecule has 1 amide bonds. The molecular weight excluding hydrogens is 497 g/mol. The van der Waals surface area contributed by atoms with Crippen LogP contribution >= 0.6 is 0 Å². The minimum Gasteiger partial charge on any atom is -0.497 e. The van der Waals surface area contributed by atoms with Gasteiger partial charge in [0.05, 0.1) is 19.1 Å². The second kappa shape index (κ2) is 11.7. The number of hydrogen-bond donors (Lipinski definition) is 0. The van der Waals surface area contributed by atoms with Gasteiger partial charge in [-0.15, -0.1) is 0 Å². The molecule has 0 N–H and O–H groups in total. The maximum absolute atomic E-state index is 13.2. The van der Waals surface area contributed by atoms with Gasteiger partial charge in [-0.05, 0) is 74.6 Å². The molecule has 9 heteroatoms. The van der Waals surface area contributed by atoms with Gasteiger partial charge in [0.1, 0.15) is 24.3 Å². The Hall–Kier alpha value is -3.10. The van der Waals surface area contributed by atoms with E-state index in [9.17, 15) is 22.8 Å². The van der Waals surface area contributed by atoms with Crippen molar-refractivity contribution in [2.24, 2.45) is 16.3 Å². The smallest absolute Gasteiger partial charge is 0.397 e. The van der Waals surface area contributed by atoms with Crippen molar-refractivity contribution in [1.29, 1.82) is 0 Å². The summed E-state index contributed by atoms with van der Waals surface area (Å²) in [5.41, 5.74) is 0.684. The quantitative estimate of drug-likeness (QED) is 0.389. The number of methoxy groups -OCH3 is 1. The third-order valence-electron chi connectivity index (χ3n) is 6.81. The van der Waals surface area contributed by atoms with Crippen molar-refractivity contribution in [2.75, 3.05) is 13.7 Å². The molecule has 6 nitrogen and oxygen atoms in total. The molecule has 0 bridgehead atoms. The molecule has 1 saturated heterocycles. The first-order valence-corrected chi connectivity index (χ1v) is 12.9. The molecule has 0 aliphatic carbocycles. The van der Waals surface area contributed by atoms with Crippen LogP contribution in [0.5, 0.6) is 5.75 Å². The highest BCUT2D eigenvalue weighted by atomic mass is 19.4. The Labute approximate surface area is 222 Å². The largest absolute Gasteiger partial charge is 0.497 e. The number of esters is 1. The van der Waals surface area contributed by atoms with Gasteiger partial charge in [0, 0.05) is 12.3 Å². The van der Waals surface area contributed by atoms with Crippen LogP contribution < -0.4 is 4.74 Å². The van der Waals surface area contributed by atoms with Crippen LogP contribution in [-0.2, 0) is 20.9 Å². The molecule has 1 aliphatic heterocycles. The molecule has 0 spiro atoms. The van der Waals surface area contributed by atoms with Gasteiger partial charge in [0.2, 0.25) is 5.91 Å². The number of piperidine rings is 1. The van der Waals surface area contributed by atoms with Crippen molar-refractivity contribution in [1.82, 2.24) is 4.90 Å². The minimum absolute atomic E-state index is 0.0447. The summed E-state index contributed by atoms with van der Waals surface area (Å²) in [6.07, 6.45) is -5.88. The van der Waals surface area contributed by atoms with Gasteiger partial charge in [-0.1, -0.05) is 31.5 Å². The summed E-state index contributed by atoms with van der Waals surface area (Å²) in [6, 6.07) is 10.8.